The first-order valence-electron chi connectivity index (χ1n) is 6.70. The molecule has 21 heavy (non-hydrogen) atoms. The summed E-state index contributed by atoms with van der Waals surface area (Å²) in [4.78, 5) is 5.85. The summed E-state index contributed by atoms with van der Waals surface area (Å²) in [7, 11) is 0. The Morgan fingerprint density at radius 2 is 1.86 bits per heavy atom. The SMILES string of the molecule is Nc1nc(F)c(-c2ccc(N3CCOCC3)cc2)cc1Cl. The number of morpholine rings is 1. The van der Waals surface area contributed by atoms with Crippen LogP contribution >= 0.6 is 11.6 Å². The molecule has 0 saturated carbocycles. The second-order valence-electron chi connectivity index (χ2n) is 4.84. The summed E-state index contributed by atoms with van der Waals surface area (Å²) in [5.41, 5.74) is 7.65. The van der Waals surface area contributed by atoms with E-state index in [1.165, 1.54) is 6.07 Å². The van der Waals surface area contributed by atoms with Crippen molar-refractivity contribution in [1.82, 2.24) is 4.98 Å². The van der Waals surface area contributed by atoms with E-state index in [0.717, 1.165) is 37.6 Å². The molecule has 2 N–H and O–H groups in total. The predicted octanol–water partition coefficient (Wildman–Crippen LogP) is 2.96. The van der Waals surface area contributed by atoms with E-state index in [0.29, 0.717) is 5.56 Å². The summed E-state index contributed by atoms with van der Waals surface area (Å²) in [5.74, 6) is -0.612. The minimum Gasteiger partial charge on any atom is -0.382 e. The molecular formula is C15H15ClFN3O. The van der Waals surface area contributed by atoms with Gasteiger partial charge in [-0.1, -0.05) is 23.7 Å². The van der Waals surface area contributed by atoms with Crippen molar-refractivity contribution in [3.8, 4) is 11.1 Å². The van der Waals surface area contributed by atoms with Crippen LogP contribution in [-0.2, 0) is 4.74 Å². The summed E-state index contributed by atoms with van der Waals surface area (Å²) in [6, 6.07) is 9.15. The molecular weight excluding hydrogens is 293 g/mol. The van der Waals surface area contributed by atoms with E-state index < -0.39 is 5.95 Å². The van der Waals surface area contributed by atoms with Crippen molar-refractivity contribution in [2.24, 2.45) is 0 Å². The number of anilines is 2. The fraction of sp³-hybridized carbons (Fsp3) is 0.267. The molecule has 0 aliphatic carbocycles. The molecule has 1 aliphatic rings. The Hall–Kier alpha value is -1.85. The first-order chi connectivity index (χ1) is 10.1. The van der Waals surface area contributed by atoms with E-state index in [1.807, 2.05) is 24.3 Å². The number of aromatic nitrogens is 1. The van der Waals surface area contributed by atoms with Gasteiger partial charge < -0.3 is 15.4 Å². The zero-order chi connectivity index (χ0) is 14.8. The number of nitrogens with two attached hydrogens (primary N) is 1. The molecule has 110 valence electrons. The Morgan fingerprint density at radius 3 is 2.52 bits per heavy atom. The molecule has 0 unspecified atom stereocenters. The number of benzene rings is 1. The summed E-state index contributed by atoms with van der Waals surface area (Å²) in [6.07, 6.45) is 0. The molecule has 1 aromatic carbocycles. The van der Waals surface area contributed by atoms with Gasteiger partial charge in [0.05, 0.1) is 18.2 Å². The maximum atomic E-state index is 13.9. The van der Waals surface area contributed by atoms with E-state index in [-0.39, 0.29) is 10.8 Å². The van der Waals surface area contributed by atoms with Crippen molar-refractivity contribution >= 4 is 23.1 Å². The highest BCUT2D eigenvalue weighted by atomic mass is 35.5. The van der Waals surface area contributed by atoms with Gasteiger partial charge in [0.25, 0.3) is 0 Å². The average molecular weight is 308 g/mol. The Labute approximate surface area is 127 Å². The van der Waals surface area contributed by atoms with Gasteiger partial charge in [-0.2, -0.15) is 4.39 Å². The normalized spacial score (nSPS) is 15.2. The van der Waals surface area contributed by atoms with Gasteiger partial charge in [0.1, 0.15) is 5.82 Å². The lowest BCUT2D eigenvalue weighted by atomic mass is 10.1. The van der Waals surface area contributed by atoms with E-state index in [2.05, 4.69) is 9.88 Å². The van der Waals surface area contributed by atoms with Crippen LogP contribution in [0.5, 0.6) is 0 Å². The third kappa shape index (κ3) is 2.94. The van der Waals surface area contributed by atoms with Crippen molar-refractivity contribution < 1.29 is 9.13 Å². The van der Waals surface area contributed by atoms with Crippen LogP contribution in [0.3, 0.4) is 0 Å². The zero-order valence-corrected chi connectivity index (χ0v) is 12.1. The van der Waals surface area contributed by atoms with Crippen LogP contribution in [0.2, 0.25) is 5.02 Å². The minimum absolute atomic E-state index is 0.00264. The summed E-state index contributed by atoms with van der Waals surface area (Å²) in [5, 5.41) is 0.253. The Kier molecular flexibility index (Phi) is 3.94. The Balaban J connectivity index is 1.88. The van der Waals surface area contributed by atoms with Crippen LogP contribution in [0.1, 0.15) is 0 Å². The van der Waals surface area contributed by atoms with Gasteiger partial charge in [0, 0.05) is 24.3 Å². The van der Waals surface area contributed by atoms with Gasteiger partial charge in [-0.3, -0.25) is 0 Å². The molecule has 1 aromatic heterocycles. The highest BCUT2D eigenvalue weighted by Gasteiger charge is 2.13. The van der Waals surface area contributed by atoms with Gasteiger partial charge >= 0.3 is 0 Å². The van der Waals surface area contributed by atoms with E-state index >= 15 is 0 Å². The number of nitrogen functional groups attached to an aromatic ring is 1. The third-order valence-electron chi connectivity index (χ3n) is 3.51. The molecule has 6 heteroatoms. The summed E-state index contributed by atoms with van der Waals surface area (Å²) in [6.45, 7) is 3.19. The molecule has 0 atom stereocenters. The Bertz CT molecular complexity index is 642. The van der Waals surface area contributed by atoms with Crippen molar-refractivity contribution in [3.05, 3.63) is 41.3 Å². The molecule has 0 radical (unpaired) electrons. The van der Waals surface area contributed by atoms with Crippen molar-refractivity contribution in [1.29, 1.82) is 0 Å². The number of nitrogens with zero attached hydrogens (tertiary/aromatic N) is 2. The van der Waals surface area contributed by atoms with Crippen molar-refractivity contribution in [2.45, 2.75) is 0 Å². The van der Waals surface area contributed by atoms with Crippen molar-refractivity contribution in [3.63, 3.8) is 0 Å². The Morgan fingerprint density at radius 1 is 1.19 bits per heavy atom. The second-order valence-corrected chi connectivity index (χ2v) is 5.25. The molecule has 1 saturated heterocycles. The smallest absolute Gasteiger partial charge is 0.222 e. The molecule has 2 aromatic rings. The number of pyridine rings is 1. The number of ether oxygens (including phenoxy) is 1. The van der Waals surface area contributed by atoms with Crippen LogP contribution in [0.4, 0.5) is 15.9 Å². The van der Waals surface area contributed by atoms with Crippen LogP contribution in [0, 0.1) is 5.95 Å². The van der Waals surface area contributed by atoms with Crippen molar-refractivity contribution in [2.75, 3.05) is 36.9 Å². The summed E-state index contributed by atoms with van der Waals surface area (Å²) < 4.78 is 19.2. The molecule has 0 spiro atoms. The van der Waals surface area contributed by atoms with Gasteiger partial charge in [-0.25, -0.2) is 4.98 Å². The highest BCUT2D eigenvalue weighted by molar-refractivity contribution is 6.33. The average Bonchev–Trinajstić information content (AvgIpc) is 2.52. The van der Waals surface area contributed by atoms with Gasteiger partial charge in [-0.15, -0.1) is 0 Å². The molecule has 1 aliphatic heterocycles. The minimum atomic E-state index is -0.615. The van der Waals surface area contributed by atoms with E-state index in [1.54, 1.807) is 0 Å². The van der Waals surface area contributed by atoms with E-state index in [4.69, 9.17) is 22.1 Å². The monoisotopic (exact) mass is 307 g/mol. The lowest BCUT2D eigenvalue weighted by molar-refractivity contribution is 0.122. The maximum Gasteiger partial charge on any atom is 0.222 e. The number of halogens is 2. The molecule has 2 heterocycles. The fourth-order valence-corrected chi connectivity index (χ4v) is 2.51. The molecule has 4 nitrogen and oxygen atoms in total. The number of hydrogen-bond acceptors (Lipinski definition) is 4. The lowest BCUT2D eigenvalue weighted by Crippen LogP contribution is -2.36. The first kappa shape index (κ1) is 14.1. The van der Waals surface area contributed by atoms with Crippen LogP contribution in [0.25, 0.3) is 11.1 Å². The van der Waals surface area contributed by atoms with Crippen LogP contribution in [0.15, 0.2) is 30.3 Å². The van der Waals surface area contributed by atoms with Crippen LogP contribution < -0.4 is 10.6 Å². The molecule has 1 fully saturated rings. The topological polar surface area (TPSA) is 51.4 Å². The highest BCUT2D eigenvalue weighted by Crippen LogP contribution is 2.29. The van der Waals surface area contributed by atoms with Gasteiger partial charge in [-0.05, 0) is 23.8 Å². The zero-order valence-electron chi connectivity index (χ0n) is 11.4. The number of rotatable bonds is 2. The quantitative estimate of drug-likeness (QED) is 0.867. The van der Waals surface area contributed by atoms with Gasteiger partial charge in [0.15, 0.2) is 0 Å². The molecule has 0 amide bonds. The molecule has 3 rings (SSSR count). The first-order valence-corrected chi connectivity index (χ1v) is 7.07. The standard InChI is InChI=1S/C15H15ClFN3O/c16-13-9-12(14(17)19-15(13)18)10-1-3-11(4-2-10)20-5-7-21-8-6-20/h1-4,9H,5-8H2,(H2,18,19). The maximum absolute atomic E-state index is 13.9. The fourth-order valence-electron chi connectivity index (χ4n) is 2.36. The molecule has 0 bridgehead atoms. The largest absolute Gasteiger partial charge is 0.382 e. The predicted molar refractivity (Wildman–Crippen MR) is 82.1 cm³/mol. The number of hydrogen-bond donors (Lipinski definition) is 1. The van der Waals surface area contributed by atoms with E-state index in [9.17, 15) is 4.39 Å². The lowest BCUT2D eigenvalue weighted by Gasteiger charge is -2.28. The van der Waals surface area contributed by atoms with Crippen LogP contribution in [-0.4, -0.2) is 31.3 Å². The second kappa shape index (κ2) is 5.87. The summed E-state index contributed by atoms with van der Waals surface area (Å²) >= 11 is 5.91. The third-order valence-corrected chi connectivity index (χ3v) is 3.81. The van der Waals surface area contributed by atoms with Gasteiger partial charge in [0.2, 0.25) is 5.95 Å².